The summed E-state index contributed by atoms with van der Waals surface area (Å²) < 4.78 is 0. The minimum Gasteiger partial charge on any atom is -0.343 e. The monoisotopic (exact) mass is 204 g/mol. The number of carbonyl (C=O) groups excluding carboxylic acids is 1. The van der Waals surface area contributed by atoms with Crippen molar-refractivity contribution >= 4 is 5.91 Å². The second-order valence-corrected chi connectivity index (χ2v) is 4.01. The van der Waals surface area contributed by atoms with Crippen LogP contribution in [-0.2, 0) is 11.3 Å². The van der Waals surface area contributed by atoms with E-state index < -0.39 is 0 Å². The standard InChI is InChI=1S/C12H16N2O/c1-13-7-8-14(10-12(13)15)9-11-5-3-2-4-6-11/h2-6H,7-10H2,1H3. The van der Waals surface area contributed by atoms with Crippen LogP contribution >= 0.6 is 0 Å². The third kappa shape index (κ3) is 2.57. The lowest BCUT2D eigenvalue weighted by atomic mass is 10.2. The molecule has 0 spiro atoms. The zero-order valence-corrected chi connectivity index (χ0v) is 9.02. The van der Waals surface area contributed by atoms with Crippen molar-refractivity contribution in [2.75, 3.05) is 26.7 Å². The van der Waals surface area contributed by atoms with E-state index in [1.54, 1.807) is 4.90 Å². The van der Waals surface area contributed by atoms with Crippen molar-refractivity contribution in [2.45, 2.75) is 6.54 Å². The molecule has 3 heteroatoms. The van der Waals surface area contributed by atoms with Gasteiger partial charge in [0, 0.05) is 26.7 Å². The van der Waals surface area contributed by atoms with Gasteiger partial charge in [-0.2, -0.15) is 0 Å². The molecule has 2 rings (SSSR count). The first-order chi connectivity index (χ1) is 7.25. The third-order valence-electron chi connectivity index (χ3n) is 2.79. The maximum absolute atomic E-state index is 11.5. The first kappa shape index (κ1) is 10.2. The fraction of sp³-hybridized carbons (Fsp3) is 0.417. The van der Waals surface area contributed by atoms with E-state index in [2.05, 4.69) is 17.0 Å². The fourth-order valence-electron chi connectivity index (χ4n) is 1.78. The van der Waals surface area contributed by atoms with Gasteiger partial charge >= 0.3 is 0 Å². The van der Waals surface area contributed by atoms with Gasteiger partial charge in [0.15, 0.2) is 0 Å². The van der Waals surface area contributed by atoms with Crippen LogP contribution in [0.25, 0.3) is 0 Å². The number of carbonyl (C=O) groups is 1. The second kappa shape index (κ2) is 4.45. The smallest absolute Gasteiger partial charge is 0.236 e. The van der Waals surface area contributed by atoms with Gasteiger partial charge in [0.2, 0.25) is 5.91 Å². The van der Waals surface area contributed by atoms with Crippen LogP contribution in [0.5, 0.6) is 0 Å². The number of amides is 1. The first-order valence-corrected chi connectivity index (χ1v) is 5.26. The van der Waals surface area contributed by atoms with Crippen molar-refractivity contribution in [3.05, 3.63) is 35.9 Å². The second-order valence-electron chi connectivity index (χ2n) is 4.01. The summed E-state index contributed by atoms with van der Waals surface area (Å²) in [6.45, 7) is 3.23. The van der Waals surface area contributed by atoms with Gasteiger partial charge in [0.25, 0.3) is 0 Å². The van der Waals surface area contributed by atoms with E-state index in [0.29, 0.717) is 6.54 Å². The van der Waals surface area contributed by atoms with Gasteiger partial charge in [-0.25, -0.2) is 0 Å². The van der Waals surface area contributed by atoms with Crippen LogP contribution in [-0.4, -0.2) is 42.4 Å². The summed E-state index contributed by atoms with van der Waals surface area (Å²) in [5.74, 6) is 0.220. The molecule has 0 radical (unpaired) electrons. The molecule has 0 aliphatic carbocycles. The summed E-state index contributed by atoms with van der Waals surface area (Å²) in [5.41, 5.74) is 1.27. The average Bonchev–Trinajstić information content (AvgIpc) is 2.25. The quantitative estimate of drug-likeness (QED) is 0.716. The fourth-order valence-corrected chi connectivity index (χ4v) is 1.78. The summed E-state index contributed by atoms with van der Waals surface area (Å²) in [6, 6.07) is 10.3. The number of rotatable bonds is 2. The lowest BCUT2D eigenvalue weighted by molar-refractivity contribution is -0.134. The molecule has 1 aromatic rings. The van der Waals surface area contributed by atoms with Gasteiger partial charge in [-0.3, -0.25) is 9.69 Å². The molecular formula is C12H16N2O. The van der Waals surface area contributed by atoms with Crippen LogP contribution in [0.1, 0.15) is 5.56 Å². The summed E-state index contributed by atoms with van der Waals surface area (Å²) in [4.78, 5) is 15.5. The first-order valence-electron chi connectivity index (χ1n) is 5.26. The van der Waals surface area contributed by atoms with Gasteiger partial charge in [-0.15, -0.1) is 0 Å². The van der Waals surface area contributed by atoms with E-state index >= 15 is 0 Å². The molecule has 1 amide bonds. The van der Waals surface area contributed by atoms with Crippen molar-refractivity contribution in [1.29, 1.82) is 0 Å². The number of nitrogens with zero attached hydrogens (tertiary/aromatic N) is 2. The van der Waals surface area contributed by atoms with E-state index in [1.165, 1.54) is 5.56 Å². The van der Waals surface area contributed by atoms with E-state index in [0.717, 1.165) is 19.6 Å². The zero-order valence-electron chi connectivity index (χ0n) is 9.02. The average molecular weight is 204 g/mol. The molecule has 0 N–H and O–H groups in total. The van der Waals surface area contributed by atoms with Crippen LogP contribution in [0, 0.1) is 0 Å². The Bertz CT molecular complexity index is 337. The molecule has 1 aromatic carbocycles. The Hall–Kier alpha value is -1.35. The van der Waals surface area contributed by atoms with Gasteiger partial charge in [-0.1, -0.05) is 30.3 Å². The Kier molecular flexibility index (Phi) is 3.02. The Morgan fingerprint density at radius 2 is 1.93 bits per heavy atom. The van der Waals surface area contributed by atoms with E-state index in [-0.39, 0.29) is 5.91 Å². The molecule has 3 nitrogen and oxygen atoms in total. The van der Waals surface area contributed by atoms with E-state index in [1.807, 2.05) is 25.2 Å². The van der Waals surface area contributed by atoms with Crippen LogP contribution in [0.4, 0.5) is 0 Å². The number of likely N-dealkylation sites (N-methyl/N-ethyl adjacent to an activating group) is 1. The molecule has 1 aliphatic rings. The number of piperazine rings is 1. The van der Waals surface area contributed by atoms with Crippen molar-refractivity contribution in [3.63, 3.8) is 0 Å². The molecule has 80 valence electrons. The summed E-state index contributed by atoms with van der Waals surface area (Å²) in [6.07, 6.45) is 0. The number of hydrogen-bond donors (Lipinski definition) is 0. The minimum absolute atomic E-state index is 0.220. The van der Waals surface area contributed by atoms with Crippen molar-refractivity contribution in [2.24, 2.45) is 0 Å². The molecule has 0 unspecified atom stereocenters. The Labute approximate surface area is 90.3 Å². The topological polar surface area (TPSA) is 23.6 Å². The van der Waals surface area contributed by atoms with Crippen molar-refractivity contribution < 1.29 is 4.79 Å². The van der Waals surface area contributed by atoms with E-state index in [9.17, 15) is 4.79 Å². The van der Waals surface area contributed by atoms with Crippen LogP contribution in [0.3, 0.4) is 0 Å². The van der Waals surface area contributed by atoms with Gasteiger partial charge < -0.3 is 4.90 Å². The zero-order chi connectivity index (χ0) is 10.7. The van der Waals surface area contributed by atoms with Crippen LogP contribution in [0.15, 0.2) is 30.3 Å². The molecule has 0 bridgehead atoms. The Morgan fingerprint density at radius 3 is 2.60 bits per heavy atom. The molecule has 1 fully saturated rings. The normalized spacial score (nSPS) is 18.2. The minimum atomic E-state index is 0.220. The summed E-state index contributed by atoms with van der Waals surface area (Å²) >= 11 is 0. The molecule has 1 aliphatic heterocycles. The maximum atomic E-state index is 11.5. The van der Waals surface area contributed by atoms with Gasteiger partial charge in [-0.05, 0) is 5.56 Å². The predicted octanol–water partition coefficient (Wildman–Crippen LogP) is 0.961. The third-order valence-corrected chi connectivity index (χ3v) is 2.79. The van der Waals surface area contributed by atoms with Crippen molar-refractivity contribution in [3.8, 4) is 0 Å². The molecule has 1 heterocycles. The highest BCUT2D eigenvalue weighted by molar-refractivity contribution is 5.78. The molecule has 0 aromatic heterocycles. The highest BCUT2D eigenvalue weighted by Gasteiger charge is 2.20. The maximum Gasteiger partial charge on any atom is 0.236 e. The largest absolute Gasteiger partial charge is 0.343 e. The van der Waals surface area contributed by atoms with Gasteiger partial charge in [0.05, 0.1) is 6.54 Å². The summed E-state index contributed by atoms with van der Waals surface area (Å²) in [7, 11) is 1.86. The highest BCUT2D eigenvalue weighted by atomic mass is 16.2. The van der Waals surface area contributed by atoms with Gasteiger partial charge in [0.1, 0.15) is 0 Å². The Morgan fingerprint density at radius 1 is 1.20 bits per heavy atom. The van der Waals surface area contributed by atoms with Crippen LogP contribution in [0.2, 0.25) is 0 Å². The van der Waals surface area contributed by atoms with Crippen LogP contribution < -0.4 is 0 Å². The molecular weight excluding hydrogens is 188 g/mol. The van der Waals surface area contributed by atoms with E-state index in [4.69, 9.17) is 0 Å². The Balaban J connectivity index is 1.94. The molecule has 15 heavy (non-hydrogen) atoms. The number of hydrogen-bond acceptors (Lipinski definition) is 2. The lowest BCUT2D eigenvalue weighted by Gasteiger charge is -2.31. The molecule has 1 saturated heterocycles. The predicted molar refractivity (Wildman–Crippen MR) is 59.4 cm³/mol. The number of benzene rings is 1. The summed E-state index contributed by atoms with van der Waals surface area (Å²) in [5, 5.41) is 0. The lowest BCUT2D eigenvalue weighted by Crippen LogP contribution is -2.47. The SMILES string of the molecule is CN1CCN(Cc2ccccc2)CC1=O. The van der Waals surface area contributed by atoms with Crippen molar-refractivity contribution in [1.82, 2.24) is 9.80 Å². The molecule has 0 saturated carbocycles. The molecule has 0 atom stereocenters. The highest BCUT2D eigenvalue weighted by Crippen LogP contribution is 2.07.